The molecule has 1 atom stereocenters. The molecule has 3 aromatic rings. The van der Waals surface area contributed by atoms with E-state index in [4.69, 9.17) is 9.47 Å². The molecule has 0 heterocycles. The van der Waals surface area contributed by atoms with Gasteiger partial charge in [0.2, 0.25) is 5.91 Å². The number of amides is 2. The molecule has 6 heteroatoms. The molecule has 3 aromatic carbocycles. The Balaban J connectivity index is 1.88. The third-order valence-corrected chi connectivity index (χ3v) is 5.57. The minimum Gasteiger partial charge on any atom is -0.493 e. The van der Waals surface area contributed by atoms with E-state index in [-0.39, 0.29) is 18.4 Å². The Morgan fingerprint density at radius 3 is 2.00 bits per heavy atom. The predicted molar refractivity (Wildman–Crippen MR) is 137 cm³/mol. The van der Waals surface area contributed by atoms with Crippen molar-refractivity contribution in [3.05, 3.63) is 96.1 Å². The summed E-state index contributed by atoms with van der Waals surface area (Å²) < 4.78 is 11.2. The molecule has 0 aliphatic heterocycles. The van der Waals surface area contributed by atoms with E-state index in [0.717, 1.165) is 11.1 Å². The van der Waals surface area contributed by atoms with Gasteiger partial charge in [0.15, 0.2) is 18.1 Å². The molecule has 1 N–H and O–H groups in total. The van der Waals surface area contributed by atoms with Crippen LogP contribution in [-0.4, -0.2) is 43.0 Å². The van der Waals surface area contributed by atoms with Crippen LogP contribution in [-0.2, 0) is 22.6 Å². The van der Waals surface area contributed by atoms with Gasteiger partial charge in [0.25, 0.3) is 5.91 Å². The largest absolute Gasteiger partial charge is 0.493 e. The number of hydrogen-bond donors (Lipinski definition) is 1. The summed E-state index contributed by atoms with van der Waals surface area (Å²) >= 11 is 0. The average Bonchev–Trinajstić information content (AvgIpc) is 2.89. The molecule has 6 nitrogen and oxygen atoms in total. The SMILES string of the molecule is COc1ccccc1OCC(=O)N(Cc1ccccc1)C(Cc1ccccc1)C(=O)NCC(C)C. The Hall–Kier alpha value is -3.80. The Bertz CT molecular complexity index is 1070. The molecule has 0 bridgehead atoms. The van der Waals surface area contributed by atoms with Crippen molar-refractivity contribution in [3.8, 4) is 11.5 Å². The number of nitrogens with zero attached hydrogens (tertiary/aromatic N) is 1. The zero-order valence-electron chi connectivity index (χ0n) is 20.6. The number of para-hydroxylation sites is 2. The van der Waals surface area contributed by atoms with Gasteiger partial charge in [-0.25, -0.2) is 0 Å². The summed E-state index contributed by atoms with van der Waals surface area (Å²) in [6, 6.07) is 25.9. The lowest BCUT2D eigenvalue weighted by molar-refractivity contribution is -0.142. The number of nitrogens with one attached hydrogen (secondary N) is 1. The van der Waals surface area contributed by atoms with Crippen molar-refractivity contribution < 1.29 is 19.1 Å². The number of methoxy groups -OCH3 is 1. The van der Waals surface area contributed by atoms with Gasteiger partial charge in [-0.05, 0) is 29.2 Å². The van der Waals surface area contributed by atoms with Gasteiger partial charge in [-0.15, -0.1) is 0 Å². The molecule has 0 aliphatic carbocycles. The highest BCUT2D eigenvalue weighted by Crippen LogP contribution is 2.26. The predicted octanol–water partition coefficient (Wildman–Crippen LogP) is 4.49. The molecular weight excluding hydrogens is 440 g/mol. The minimum atomic E-state index is -0.690. The molecular formula is C29H34N2O4. The van der Waals surface area contributed by atoms with E-state index < -0.39 is 6.04 Å². The molecule has 0 aromatic heterocycles. The molecule has 0 saturated heterocycles. The summed E-state index contributed by atoms with van der Waals surface area (Å²) in [5.41, 5.74) is 1.92. The number of benzene rings is 3. The second-order valence-corrected chi connectivity index (χ2v) is 8.79. The van der Waals surface area contributed by atoms with E-state index in [9.17, 15) is 9.59 Å². The van der Waals surface area contributed by atoms with Crippen molar-refractivity contribution in [2.24, 2.45) is 5.92 Å². The van der Waals surface area contributed by atoms with Crippen LogP contribution in [0.5, 0.6) is 11.5 Å². The molecule has 1 unspecified atom stereocenters. The van der Waals surface area contributed by atoms with Crippen molar-refractivity contribution in [1.82, 2.24) is 10.2 Å². The molecule has 0 spiro atoms. The number of hydrogen-bond acceptors (Lipinski definition) is 4. The lowest BCUT2D eigenvalue weighted by Gasteiger charge is -2.31. The Morgan fingerprint density at radius 2 is 1.40 bits per heavy atom. The fourth-order valence-corrected chi connectivity index (χ4v) is 3.72. The summed E-state index contributed by atoms with van der Waals surface area (Å²) in [7, 11) is 1.56. The molecule has 0 fully saturated rings. The standard InChI is InChI=1S/C29H34N2O4/c1-22(2)19-30-29(33)25(18-23-12-6-4-7-13-23)31(20-24-14-8-5-9-15-24)28(32)21-35-27-17-11-10-16-26(27)34-3/h4-17,22,25H,18-21H2,1-3H3,(H,30,33). The second kappa shape index (κ2) is 13.2. The van der Waals surface area contributed by atoms with Gasteiger partial charge < -0.3 is 19.7 Å². The Morgan fingerprint density at radius 1 is 0.829 bits per heavy atom. The van der Waals surface area contributed by atoms with E-state index >= 15 is 0 Å². The summed E-state index contributed by atoms with van der Waals surface area (Å²) in [6.45, 7) is 4.70. The van der Waals surface area contributed by atoms with Crippen molar-refractivity contribution in [2.45, 2.75) is 32.9 Å². The highest BCUT2D eigenvalue weighted by atomic mass is 16.5. The summed E-state index contributed by atoms with van der Waals surface area (Å²) in [4.78, 5) is 28.6. The van der Waals surface area contributed by atoms with Gasteiger partial charge in [0.1, 0.15) is 6.04 Å². The van der Waals surface area contributed by atoms with Crippen molar-refractivity contribution in [1.29, 1.82) is 0 Å². The van der Waals surface area contributed by atoms with Crippen LogP contribution < -0.4 is 14.8 Å². The lowest BCUT2D eigenvalue weighted by Crippen LogP contribution is -2.52. The third-order valence-electron chi connectivity index (χ3n) is 5.57. The second-order valence-electron chi connectivity index (χ2n) is 8.79. The molecule has 3 rings (SSSR count). The van der Waals surface area contributed by atoms with Gasteiger partial charge >= 0.3 is 0 Å². The first-order chi connectivity index (χ1) is 17.0. The zero-order chi connectivity index (χ0) is 25.0. The first kappa shape index (κ1) is 25.8. The number of ether oxygens (including phenoxy) is 2. The van der Waals surface area contributed by atoms with Gasteiger partial charge in [-0.1, -0.05) is 86.6 Å². The lowest BCUT2D eigenvalue weighted by atomic mass is 10.0. The number of carbonyl (C=O) groups is 2. The van der Waals surface area contributed by atoms with Gasteiger partial charge in [0.05, 0.1) is 7.11 Å². The zero-order valence-corrected chi connectivity index (χ0v) is 20.6. The van der Waals surface area contributed by atoms with Crippen LogP contribution in [0.3, 0.4) is 0 Å². The molecule has 184 valence electrons. The van der Waals surface area contributed by atoms with Gasteiger partial charge in [0, 0.05) is 19.5 Å². The number of rotatable bonds is 12. The van der Waals surface area contributed by atoms with Crippen molar-refractivity contribution in [2.75, 3.05) is 20.3 Å². The first-order valence-electron chi connectivity index (χ1n) is 11.9. The fourth-order valence-electron chi connectivity index (χ4n) is 3.72. The average molecular weight is 475 g/mol. The first-order valence-corrected chi connectivity index (χ1v) is 11.9. The molecule has 0 radical (unpaired) electrons. The van der Waals surface area contributed by atoms with E-state index in [1.807, 2.05) is 86.6 Å². The molecule has 2 amide bonds. The molecule has 35 heavy (non-hydrogen) atoms. The van der Waals surface area contributed by atoms with Gasteiger partial charge in [-0.3, -0.25) is 9.59 Å². The van der Waals surface area contributed by atoms with E-state index in [1.54, 1.807) is 24.1 Å². The van der Waals surface area contributed by atoms with Crippen LogP contribution in [0.25, 0.3) is 0 Å². The highest BCUT2D eigenvalue weighted by Gasteiger charge is 2.30. The maximum atomic E-state index is 13.6. The quantitative estimate of drug-likeness (QED) is 0.420. The smallest absolute Gasteiger partial charge is 0.261 e. The Labute approximate surface area is 207 Å². The Kier molecular flexibility index (Phi) is 9.72. The molecule has 0 saturated carbocycles. The molecule has 0 aliphatic rings. The van der Waals surface area contributed by atoms with E-state index in [0.29, 0.717) is 36.9 Å². The summed E-state index contributed by atoms with van der Waals surface area (Å²) in [5, 5.41) is 3.02. The minimum absolute atomic E-state index is 0.177. The monoisotopic (exact) mass is 474 g/mol. The fraction of sp³-hybridized carbons (Fsp3) is 0.310. The van der Waals surface area contributed by atoms with Crippen molar-refractivity contribution >= 4 is 11.8 Å². The summed E-state index contributed by atoms with van der Waals surface area (Å²) in [6.07, 6.45) is 0.401. The number of carbonyl (C=O) groups excluding carboxylic acids is 2. The van der Waals surface area contributed by atoms with Crippen LogP contribution in [0.2, 0.25) is 0 Å². The third kappa shape index (κ3) is 7.88. The van der Waals surface area contributed by atoms with E-state index in [2.05, 4.69) is 5.32 Å². The van der Waals surface area contributed by atoms with Crippen LogP contribution in [0.4, 0.5) is 0 Å². The normalized spacial score (nSPS) is 11.5. The van der Waals surface area contributed by atoms with Crippen LogP contribution in [0, 0.1) is 5.92 Å². The summed E-state index contributed by atoms with van der Waals surface area (Å²) in [5.74, 6) is 0.866. The van der Waals surface area contributed by atoms with Crippen LogP contribution in [0.1, 0.15) is 25.0 Å². The van der Waals surface area contributed by atoms with Gasteiger partial charge in [-0.2, -0.15) is 0 Å². The highest BCUT2D eigenvalue weighted by molar-refractivity contribution is 5.88. The topological polar surface area (TPSA) is 67.9 Å². The maximum Gasteiger partial charge on any atom is 0.261 e. The van der Waals surface area contributed by atoms with Crippen molar-refractivity contribution in [3.63, 3.8) is 0 Å². The van der Waals surface area contributed by atoms with Crippen LogP contribution >= 0.6 is 0 Å². The maximum absolute atomic E-state index is 13.6. The van der Waals surface area contributed by atoms with E-state index in [1.165, 1.54) is 0 Å². The van der Waals surface area contributed by atoms with Crippen LogP contribution in [0.15, 0.2) is 84.9 Å².